The van der Waals surface area contributed by atoms with Crippen molar-refractivity contribution in [3.63, 3.8) is 0 Å². The molecule has 6 nitrogen and oxygen atoms in total. The highest BCUT2D eigenvalue weighted by molar-refractivity contribution is 6.11. The second-order valence-electron chi connectivity index (χ2n) is 8.40. The van der Waals surface area contributed by atoms with Crippen molar-refractivity contribution in [3.05, 3.63) is 89.0 Å². The van der Waals surface area contributed by atoms with Crippen molar-refractivity contribution in [2.24, 2.45) is 0 Å². The summed E-state index contributed by atoms with van der Waals surface area (Å²) in [7, 11) is 3.15. The molecule has 0 radical (unpaired) electrons. The van der Waals surface area contributed by atoms with Crippen LogP contribution in [0.15, 0.2) is 66.7 Å². The maximum absolute atomic E-state index is 13.2. The van der Waals surface area contributed by atoms with E-state index in [9.17, 15) is 27.6 Å². The number of carbonyl (C=O) groups is 3. The molecule has 3 aromatic rings. The van der Waals surface area contributed by atoms with E-state index >= 15 is 0 Å². The molecule has 0 aliphatic carbocycles. The molecular formula is C27H25F3N2O4. The molecule has 9 heteroatoms. The second kappa shape index (κ2) is 11.1. The van der Waals surface area contributed by atoms with E-state index in [2.05, 4.69) is 5.32 Å². The molecule has 2 N–H and O–H groups in total. The van der Waals surface area contributed by atoms with E-state index in [1.54, 1.807) is 56.6 Å². The maximum atomic E-state index is 13.2. The third-order valence-electron chi connectivity index (χ3n) is 5.52. The predicted octanol–water partition coefficient (Wildman–Crippen LogP) is 5.73. The van der Waals surface area contributed by atoms with Crippen LogP contribution in [0.5, 0.6) is 0 Å². The number of nitrogens with one attached hydrogen (secondary N) is 1. The number of aryl methyl sites for hydroxylation is 1. The molecule has 0 aromatic heterocycles. The summed E-state index contributed by atoms with van der Waals surface area (Å²) in [4.78, 5) is 38.2. The number of hydrogen-bond donors (Lipinski definition) is 2. The molecule has 0 unspecified atom stereocenters. The molecule has 0 saturated carbocycles. The number of carboxylic acid groups (broad SMARTS) is 1. The van der Waals surface area contributed by atoms with Crippen molar-refractivity contribution < 1.29 is 32.7 Å². The molecule has 0 aliphatic heterocycles. The summed E-state index contributed by atoms with van der Waals surface area (Å²) in [6.45, 7) is 0. The fraction of sp³-hybridized carbons (Fsp3) is 0.222. The van der Waals surface area contributed by atoms with Crippen molar-refractivity contribution in [1.82, 2.24) is 4.90 Å². The summed E-state index contributed by atoms with van der Waals surface area (Å²) in [6, 6.07) is 16.0. The van der Waals surface area contributed by atoms with Crippen LogP contribution in [-0.4, -0.2) is 41.9 Å². The van der Waals surface area contributed by atoms with Gasteiger partial charge in [0.1, 0.15) is 0 Å². The Morgan fingerprint density at radius 3 is 2.19 bits per heavy atom. The van der Waals surface area contributed by atoms with Gasteiger partial charge in [0.15, 0.2) is 0 Å². The topological polar surface area (TPSA) is 86.7 Å². The number of rotatable bonds is 8. The highest BCUT2D eigenvalue weighted by Crippen LogP contribution is 2.32. The van der Waals surface area contributed by atoms with Crippen molar-refractivity contribution in [2.45, 2.75) is 25.4 Å². The minimum Gasteiger partial charge on any atom is -0.481 e. The third kappa shape index (κ3) is 6.50. The minimum absolute atomic E-state index is 0.00379. The zero-order chi connectivity index (χ0) is 26.5. The Morgan fingerprint density at radius 1 is 0.917 bits per heavy atom. The van der Waals surface area contributed by atoms with E-state index in [0.29, 0.717) is 24.0 Å². The van der Waals surface area contributed by atoms with Gasteiger partial charge in [-0.3, -0.25) is 14.4 Å². The fourth-order valence-corrected chi connectivity index (χ4v) is 3.68. The number of anilines is 1. The number of carbonyl (C=O) groups excluding carboxylic acids is 2. The lowest BCUT2D eigenvalue weighted by molar-refractivity contribution is -0.138. The molecule has 3 aromatic carbocycles. The molecule has 2 amide bonds. The van der Waals surface area contributed by atoms with Crippen molar-refractivity contribution >= 4 is 23.5 Å². The number of halogens is 3. The first-order valence-corrected chi connectivity index (χ1v) is 11.1. The van der Waals surface area contributed by atoms with Crippen LogP contribution in [0.2, 0.25) is 0 Å². The van der Waals surface area contributed by atoms with Crippen molar-refractivity contribution in [3.8, 4) is 11.1 Å². The number of hydrogen-bond acceptors (Lipinski definition) is 3. The average molecular weight is 499 g/mol. The van der Waals surface area contributed by atoms with Crippen LogP contribution in [0.1, 0.15) is 44.7 Å². The molecule has 0 spiro atoms. The lowest BCUT2D eigenvalue weighted by Crippen LogP contribution is -2.24. The van der Waals surface area contributed by atoms with Gasteiger partial charge in [-0.1, -0.05) is 36.4 Å². The molecule has 0 bridgehead atoms. The fourth-order valence-electron chi connectivity index (χ4n) is 3.68. The van der Waals surface area contributed by atoms with Gasteiger partial charge >= 0.3 is 12.1 Å². The van der Waals surface area contributed by atoms with E-state index < -0.39 is 23.6 Å². The van der Waals surface area contributed by atoms with Crippen LogP contribution in [0.3, 0.4) is 0 Å². The number of benzene rings is 3. The van der Waals surface area contributed by atoms with Crippen molar-refractivity contribution in [1.29, 1.82) is 0 Å². The number of alkyl halides is 3. The van der Waals surface area contributed by atoms with Gasteiger partial charge in [-0.05, 0) is 59.9 Å². The van der Waals surface area contributed by atoms with Gasteiger partial charge in [0.2, 0.25) is 0 Å². The lowest BCUT2D eigenvalue weighted by Gasteiger charge is -2.17. The normalized spacial score (nSPS) is 11.1. The highest BCUT2D eigenvalue weighted by Gasteiger charge is 2.30. The zero-order valence-corrected chi connectivity index (χ0v) is 19.7. The van der Waals surface area contributed by atoms with E-state index in [1.807, 2.05) is 0 Å². The van der Waals surface area contributed by atoms with Crippen LogP contribution in [0.4, 0.5) is 18.9 Å². The van der Waals surface area contributed by atoms with Crippen LogP contribution in [0, 0.1) is 0 Å². The van der Waals surface area contributed by atoms with Gasteiger partial charge in [-0.15, -0.1) is 0 Å². The molecule has 0 atom stereocenters. The molecule has 188 valence electrons. The zero-order valence-electron chi connectivity index (χ0n) is 19.7. The molecule has 0 saturated heterocycles. The first-order chi connectivity index (χ1) is 17.0. The summed E-state index contributed by atoms with van der Waals surface area (Å²) in [5, 5.41) is 11.6. The van der Waals surface area contributed by atoms with Crippen LogP contribution in [-0.2, 0) is 17.4 Å². The van der Waals surface area contributed by atoms with Gasteiger partial charge in [0, 0.05) is 26.1 Å². The number of aliphatic carboxylic acids is 1. The Labute approximate surface area is 206 Å². The Morgan fingerprint density at radius 2 is 1.58 bits per heavy atom. The quantitative estimate of drug-likeness (QED) is 0.415. The molecule has 0 aliphatic rings. The second-order valence-corrected chi connectivity index (χ2v) is 8.40. The number of nitrogens with zero attached hydrogens (tertiary/aromatic N) is 1. The first kappa shape index (κ1) is 26.5. The van der Waals surface area contributed by atoms with Gasteiger partial charge in [0.05, 0.1) is 16.8 Å². The van der Waals surface area contributed by atoms with Gasteiger partial charge in [0.25, 0.3) is 11.8 Å². The SMILES string of the molecule is CN(C)C(=O)c1cc(CCCC(=O)O)ccc1NC(=O)c1ccccc1-c1ccc(C(F)(F)F)cc1. The third-order valence-corrected chi connectivity index (χ3v) is 5.52. The van der Waals surface area contributed by atoms with E-state index in [1.165, 1.54) is 17.0 Å². The largest absolute Gasteiger partial charge is 0.481 e. The van der Waals surface area contributed by atoms with Crippen LogP contribution < -0.4 is 5.32 Å². The average Bonchev–Trinajstić information content (AvgIpc) is 2.83. The van der Waals surface area contributed by atoms with Gasteiger partial charge in [-0.2, -0.15) is 13.2 Å². The Hall–Kier alpha value is -4.14. The summed E-state index contributed by atoms with van der Waals surface area (Å²) in [5.41, 5.74) is 1.58. The number of carboxylic acids is 1. The monoisotopic (exact) mass is 498 g/mol. The summed E-state index contributed by atoms with van der Waals surface area (Å²) < 4.78 is 38.8. The summed E-state index contributed by atoms with van der Waals surface area (Å²) >= 11 is 0. The van der Waals surface area contributed by atoms with E-state index in [4.69, 9.17) is 5.11 Å². The summed E-state index contributed by atoms with van der Waals surface area (Å²) in [6.07, 6.45) is -3.62. The molecular weight excluding hydrogens is 473 g/mol. The molecule has 3 rings (SSSR count). The standard InChI is InChI=1S/C27H25F3N2O4/c1-32(2)26(36)22-16-17(6-5-9-24(33)34)10-15-23(22)31-25(35)21-8-4-3-7-20(21)18-11-13-19(14-12-18)27(28,29)30/h3-4,7-8,10-16H,5-6,9H2,1-2H3,(H,31,35)(H,33,34). The lowest BCUT2D eigenvalue weighted by atomic mass is 9.97. The number of amides is 2. The van der Waals surface area contributed by atoms with Gasteiger partial charge in [-0.25, -0.2) is 0 Å². The first-order valence-electron chi connectivity index (χ1n) is 11.1. The summed E-state index contributed by atoms with van der Waals surface area (Å²) in [5.74, 6) is -1.78. The predicted molar refractivity (Wildman–Crippen MR) is 130 cm³/mol. The molecule has 0 heterocycles. The van der Waals surface area contributed by atoms with E-state index in [0.717, 1.165) is 17.7 Å². The molecule has 0 fully saturated rings. The smallest absolute Gasteiger partial charge is 0.416 e. The molecule has 36 heavy (non-hydrogen) atoms. The maximum Gasteiger partial charge on any atom is 0.416 e. The van der Waals surface area contributed by atoms with Gasteiger partial charge < -0.3 is 15.3 Å². The minimum atomic E-state index is -4.47. The van der Waals surface area contributed by atoms with Crippen molar-refractivity contribution in [2.75, 3.05) is 19.4 Å². The van der Waals surface area contributed by atoms with Crippen LogP contribution in [0.25, 0.3) is 11.1 Å². The Bertz CT molecular complexity index is 1270. The van der Waals surface area contributed by atoms with E-state index in [-0.39, 0.29) is 29.1 Å². The Kier molecular flexibility index (Phi) is 8.14. The highest BCUT2D eigenvalue weighted by atomic mass is 19.4. The van der Waals surface area contributed by atoms with Crippen LogP contribution >= 0.6 is 0 Å². The Balaban J connectivity index is 1.91.